The third-order valence-corrected chi connectivity index (χ3v) is 3.25. The van der Waals surface area contributed by atoms with Crippen molar-refractivity contribution in [1.29, 1.82) is 5.26 Å². The molecule has 0 heterocycles. The molecule has 1 amide bonds. The quantitative estimate of drug-likeness (QED) is 0.185. The number of aromatic hydroxyl groups is 1. The number of ether oxygens (including phenoxy) is 2. The van der Waals surface area contributed by atoms with Crippen LogP contribution in [0, 0.1) is 21.4 Å². The van der Waals surface area contributed by atoms with Gasteiger partial charge in [-0.05, 0) is 6.07 Å². The summed E-state index contributed by atoms with van der Waals surface area (Å²) < 4.78 is 9.19. The summed E-state index contributed by atoms with van der Waals surface area (Å²) in [6, 6.07) is 3.28. The van der Waals surface area contributed by atoms with Gasteiger partial charge in [-0.3, -0.25) is 19.7 Å². The zero-order valence-electron chi connectivity index (χ0n) is 14.0. The van der Waals surface area contributed by atoms with Crippen molar-refractivity contribution >= 4 is 23.3 Å². The van der Waals surface area contributed by atoms with Gasteiger partial charge in [-0.25, -0.2) is 0 Å². The summed E-state index contributed by atoms with van der Waals surface area (Å²) in [7, 11) is 3.44. The highest BCUT2D eigenvalue weighted by atomic mass is 16.6. The lowest BCUT2D eigenvalue weighted by Gasteiger charge is -2.16. The number of nitriles is 1. The average Bonchev–Trinajstić information content (AvgIpc) is 2.61. The number of carbonyl (C=O) groups is 2. The van der Waals surface area contributed by atoms with Crippen LogP contribution in [-0.2, 0) is 14.3 Å². The second-order valence-electron chi connectivity index (χ2n) is 4.88. The lowest BCUT2D eigenvalue weighted by Crippen LogP contribution is -2.33. The van der Waals surface area contributed by atoms with Crippen molar-refractivity contribution in [1.82, 2.24) is 4.90 Å². The first-order chi connectivity index (χ1) is 12.2. The normalized spacial score (nSPS) is 11.0. The Hall–Kier alpha value is -3.81. The number of aliphatic hydroxyl groups excluding tert-OH is 1. The molecule has 0 aliphatic carbocycles. The number of phenolic OH excluding ortho intramolecular Hbond substituents is 1. The molecular weight excluding hydrogens is 350 g/mol. The molecule has 2 N–H and O–H groups in total. The minimum atomic E-state index is -1.01. The van der Waals surface area contributed by atoms with Crippen molar-refractivity contribution in [2.75, 3.05) is 27.8 Å². The van der Waals surface area contributed by atoms with Crippen LogP contribution in [0.15, 0.2) is 17.7 Å². The number of amides is 1. The minimum Gasteiger partial charge on any atom is -0.506 e. The van der Waals surface area contributed by atoms with Crippen LogP contribution < -0.4 is 4.74 Å². The smallest absolute Gasteiger partial charge is 0.325 e. The lowest BCUT2D eigenvalue weighted by molar-refractivity contribution is -0.386. The second kappa shape index (κ2) is 8.34. The van der Waals surface area contributed by atoms with Gasteiger partial charge in [0.25, 0.3) is 5.91 Å². The van der Waals surface area contributed by atoms with Crippen LogP contribution in [0.5, 0.6) is 11.5 Å². The largest absolute Gasteiger partial charge is 0.506 e. The van der Waals surface area contributed by atoms with E-state index in [9.17, 15) is 35.2 Å². The summed E-state index contributed by atoms with van der Waals surface area (Å²) in [5.41, 5.74) is -1.86. The Bertz CT molecular complexity index is 825. The van der Waals surface area contributed by atoms with Gasteiger partial charge in [0.15, 0.2) is 11.3 Å². The summed E-state index contributed by atoms with van der Waals surface area (Å²) in [5.74, 6) is -3.75. The van der Waals surface area contributed by atoms with Gasteiger partial charge >= 0.3 is 11.7 Å². The summed E-state index contributed by atoms with van der Waals surface area (Å²) >= 11 is 0. The van der Waals surface area contributed by atoms with Gasteiger partial charge in [-0.2, -0.15) is 5.26 Å². The SMILES string of the molecule is COC(=O)CN(C)C(=O)/C(C#N)=C(\O)c1cc(OC)c(O)c([N+](=O)[O-])c1. The monoisotopic (exact) mass is 365 g/mol. The molecule has 0 saturated carbocycles. The summed E-state index contributed by atoms with van der Waals surface area (Å²) in [6.45, 7) is -0.479. The fourth-order valence-electron chi connectivity index (χ4n) is 1.89. The number of nitro groups is 1. The van der Waals surface area contributed by atoms with Crippen LogP contribution in [0.2, 0.25) is 0 Å². The van der Waals surface area contributed by atoms with E-state index < -0.39 is 46.1 Å². The van der Waals surface area contributed by atoms with Crippen molar-refractivity contribution < 1.29 is 34.2 Å². The lowest BCUT2D eigenvalue weighted by atomic mass is 10.1. The predicted octanol–water partition coefficient (Wildman–Crippen LogP) is 0.733. The van der Waals surface area contributed by atoms with Gasteiger partial charge in [0.2, 0.25) is 5.75 Å². The Kier molecular flexibility index (Phi) is 6.49. The molecule has 0 atom stereocenters. The number of rotatable bonds is 6. The number of methoxy groups -OCH3 is 2. The van der Waals surface area contributed by atoms with E-state index in [4.69, 9.17) is 4.74 Å². The van der Waals surface area contributed by atoms with E-state index in [1.54, 1.807) is 0 Å². The van der Waals surface area contributed by atoms with Crippen LogP contribution in [0.3, 0.4) is 0 Å². The Morgan fingerprint density at radius 3 is 2.46 bits per heavy atom. The predicted molar refractivity (Wildman–Crippen MR) is 86.1 cm³/mol. The maximum Gasteiger partial charge on any atom is 0.325 e. The number of nitro benzene ring substituents is 1. The second-order valence-corrected chi connectivity index (χ2v) is 4.88. The molecule has 0 aromatic heterocycles. The van der Waals surface area contributed by atoms with Gasteiger partial charge in [0.1, 0.15) is 18.4 Å². The average molecular weight is 365 g/mol. The highest BCUT2D eigenvalue weighted by Crippen LogP contribution is 2.38. The highest BCUT2D eigenvalue weighted by Gasteiger charge is 2.26. The summed E-state index contributed by atoms with van der Waals surface area (Å²) in [4.78, 5) is 34.4. The van der Waals surface area contributed by atoms with Crippen molar-refractivity contribution in [3.8, 4) is 17.6 Å². The Morgan fingerprint density at radius 1 is 1.38 bits per heavy atom. The van der Waals surface area contributed by atoms with Crippen LogP contribution in [0.1, 0.15) is 5.56 Å². The molecule has 11 heteroatoms. The van der Waals surface area contributed by atoms with E-state index in [0.29, 0.717) is 0 Å². The molecule has 0 unspecified atom stereocenters. The number of aliphatic hydroxyl groups is 1. The van der Waals surface area contributed by atoms with Crippen molar-refractivity contribution in [2.24, 2.45) is 0 Å². The summed E-state index contributed by atoms with van der Waals surface area (Å²) in [5, 5.41) is 40.2. The number of hydrogen-bond donors (Lipinski definition) is 2. The van der Waals surface area contributed by atoms with Gasteiger partial charge in [0, 0.05) is 18.7 Å². The number of carbonyl (C=O) groups excluding carboxylic acids is 2. The zero-order valence-corrected chi connectivity index (χ0v) is 14.0. The number of likely N-dealkylation sites (N-methyl/N-ethyl adjacent to an activating group) is 1. The van der Waals surface area contributed by atoms with E-state index in [0.717, 1.165) is 31.3 Å². The molecule has 0 fully saturated rings. The molecule has 0 radical (unpaired) electrons. The van der Waals surface area contributed by atoms with Gasteiger partial charge < -0.3 is 24.6 Å². The molecule has 0 spiro atoms. The third-order valence-electron chi connectivity index (χ3n) is 3.25. The third kappa shape index (κ3) is 4.18. The van der Waals surface area contributed by atoms with E-state index in [1.165, 1.54) is 13.1 Å². The van der Waals surface area contributed by atoms with Crippen LogP contribution in [-0.4, -0.2) is 59.7 Å². The highest BCUT2D eigenvalue weighted by molar-refractivity contribution is 6.04. The molecule has 138 valence electrons. The number of phenols is 1. The first-order valence-electron chi connectivity index (χ1n) is 6.89. The zero-order chi connectivity index (χ0) is 20.0. The number of benzene rings is 1. The van der Waals surface area contributed by atoms with Crippen molar-refractivity contribution in [2.45, 2.75) is 0 Å². The van der Waals surface area contributed by atoms with Crippen LogP contribution >= 0.6 is 0 Å². The van der Waals surface area contributed by atoms with E-state index in [1.807, 2.05) is 0 Å². The van der Waals surface area contributed by atoms with Crippen LogP contribution in [0.25, 0.3) is 5.76 Å². The number of hydrogen-bond acceptors (Lipinski definition) is 9. The standard InChI is InChI=1S/C15H15N3O8/c1-17(7-12(19)26-3)15(22)9(6-16)13(20)8-4-10(18(23)24)14(21)11(5-8)25-2/h4-5,20-21H,7H2,1-3H3/b13-9-. The maximum atomic E-state index is 12.2. The Labute approximate surface area is 147 Å². The fourth-order valence-corrected chi connectivity index (χ4v) is 1.89. The number of esters is 1. The summed E-state index contributed by atoms with van der Waals surface area (Å²) in [6.07, 6.45) is 0. The molecule has 0 bridgehead atoms. The van der Waals surface area contributed by atoms with Gasteiger partial charge in [0.05, 0.1) is 19.1 Å². The molecule has 26 heavy (non-hydrogen) atoms. The molecule has 1 rings (SSSR count). The van der Waals surface area contributed by atoms with E-state index in [2.05, 4.69) is 4.74 Å². The molecule has 1 aromatic rings. The first-order valence-corrected chi connectivity index (χ1v) is 6.89. The van der Waals surface area contributed by atoms with E-state index in [-0.39, 0.29) is 11.3 Å². The minimum absolute atomic E-state index is 0.303. The molecule has 0 aliphatic rings. The van der Waals surface area contributed by atoms with E-state index >= 15 is 0 Å². The molecule has 0 aliphatic heterocycles. The topological polar surface area (TPSA) is 163 Å². The maximum absolute atomic E-state index is 12.2. The number of nitrogens with zero attached hydrogens (tertiary/aromatic N) is 3. The Balaban J connectivity index is 3.45. The molecule has 11 nitrogen and oxygen atoms in total. The van der Waals surface area contributed by atoms with Gasteiger partial charge in [-0.1, -0.05) is 0 Å². The van der Waals surface area contributed by atoms with Crippen molar-refractivity contribution in [3.05, 3.63) is 33.4 Å². The molecular formula is C15H15N3O8. The molecule has 1 aromatic carbocycles. The van der Waals surface area contributed by atoms with Crippen LogP contribution in [0.4, 0.5) is 5.69 Å². The molecule has 0 saturated heterocycles. The van der Waals surface area contributed by atoms with Gasteiger partial charge in [-0.15, -0.1) is 0 Å². The fraction of sp³-hybridized carbons (Fsp3) is 0.267. The van der Waals surface area contributed by atoms with Crippen molar-refractivity contribution in [3.63, 3.8) is 0 Å². The first kappa shape index (κ1) is 20.2. The Morgan fingerprint density at radius 2 is 2.00 bits per heavy atom.